The molecule has 0 unspecified atom stereocenters. The molecule has 0 saturated carbocycles. The predicted molar refractivity (Wildman–Crippen MR) is 89.2 cm³/mol. The molecule has 0 spiro atoms. The Kier molecular flexibility index (Phi) is 6.90. The highest BCUT2D eigenvalue weighted by Gasteiger charge is 2.21. The average Bonchev–Trinajstić information content (AvgIpc) is 2.43. The number of benzene rings is 1. The predicted octanol–water partition coefficient (Wildman–Crippen LogP) is 3.31. The quantitative estimate of drug-likeness (QED) is 0.809. The Balaban J connectivity index is 2.83. The van der Waals surface area contributed by atoms with Gasteiger partial charge < -0.3 is 5.32 Å². The smallest absolute Gasteiger partial charge is 0.236 e. The number of amides is 1. The van der Waals surface area contributed by atoms with Gasteiger partial charge in [-0.15, -0.1) is 0 Å². The molecule has 3 heteroatoms. The molecule has 1 aromatic rings. The minimum absolute atomic E-state index is 0.0251. The molecule has 118 valence electrons. The van der Waals surface area contributed by atoms with Crippen LogP contribution in [0.25, 0.3) is 0 Å². The van der Waals surface area contributed by atoms with Gasteiger partial charge in [0.1, 0.15) is 0 Å². The minimum atomic E-state index is -0.197. The lowest BCUT2D eigenvalue weighted by atomic mass is 9.93. The molecular weight excluding hydrogens is 260 g/mol. The summed E-state index contributed by atoms with van der Waals surface area (Å²) in [6.45, 7) is 10.7. The van der Waals surface area contributed by atoms with Crippen LogP contribution >= 0.6 is 0 Å². The average molecular weight is 290 g/mol. The van der Waals surface area contributed by atoms with Crippen LogP contribution in [0, 0.1) is 11.8 Å². The first-order valence-corrected chi connectivity index (χ1v) is 7.91. The van der Waals surface area contributed by atoms with Crippen molar-refractivity contribution in [2.45, 2.75) is 53.1 Å². The Morgan fingerprint density at radius 1 is 1.05 bits per heavy atom. The molecule has 0 fully saturated rings. The van der Waals surface area contributed by atoms with Crippen LogP contribution in [0.2, 0.25) is 0 Å². The van der Waals surface area contributed by atoms with Gasteiger partial charge in [-0.25, -0.2) is 0 Å². The van der Waals surface area contributed by atoms with Crippen molar-refractivity contribution in [3.8, 4) is 0 Å². The molecule has 21 heavy (non-hydrogen) atoms. The highest BCUT2D eigenvalue weighted by molar-refractivity contribution is 5.81. The normalized spacial score (nSPS) is 14.3. The molecule has 0 bridgehead atoms. The summed E-state index contributed by atoms with van der Waals surface area (Å²) < 4.78 is 0. The molecule has 1 amide bonds. The van der Waals surface area contributed by atoms with Gasteiger partial charge in [0.05, 0.1) is 6.04 Å². The topological polar surface area (TPSA) is 41.1 Å². The summed E-state index contributed by atoms with van der Waals surface area (Å²) in [5.74, 6) is 1.12. The minimum Gasteiger partial charge on any atom is -0.358 e. The molecule has 0 aromatic heterocycles. The summed E-state index contributed by atoms with van der Waals surface area (Å²) in [6.07, 6.45) is 1.11. The molecule has 0 saturated heterocycles. The fourth-order valence-electron chi connectivity index (χ4n) is 2.57. The zero-order valence-electron chi connectivity index (χ0n) is 14.2. The van der Waals surface area contributed by atoms with Crippen molar-refractivity contribution in [3.63, 3.8) is 0 Å². The molecule has 0 aliphatic carbocycles. The van der Waals surface area contributed by atoms with Crippen LogP contribution in [0.5, 0.6) is 0 Å². The fraction of sp³-hybridized carbons (Fsp3) is 0.611. The maximum absolute atomic E-state index is 11.7. The Morgan fingerprint density at radius 2 is 1.62 bits per heavy atom. The lowest BCUT2D eigenvalue weighted by molar-refractivity contribution is -0.122. The number of carbonyl (C=O) groups is 1. The first kappa shape index (κ1) is 17.7. The molecule has 0 radical (unpaired) electrons. The zero-order chi connectivity index (χ0) is 16.0. The van der Waals surface area contributed by atoms with Crippen LogP contribution in [0.15, 0.2) is 24.3 Å². The highest BCUT2D eigenvalue weighted by atomic mass is 16.2. The second-order valence-corrected chi connectivity index (χ2v) is 6.56. The first-order chi connectivity index (χ1) is 9.85. The third kappa shape index (κ3) is 5.50. The van der Waals surface area contributed by atoms with Crippen molar-refractivity contribution < 1.29 is 4.79 Å². The number of nitrogens with one attached hydrogen (secondary N) is 2. The van der Waals surface area contributed by atoms with Crippen molar-refractivity contribution >= 4 is 5.91 Å². The van der Waals surface area contributed by atoms with Crippen molar-refractivity contribution in [1.82, 2.24) is 10.6 Å². The van der Waals surface area contributed by atoms with E-state index in [1.165, 1.54) is 11.1 Å². The largest absolute Gasteiger partial charge is 0.358 e. The van der Waals surface area contributed by atoms with Crippen LogP contribution in [0.3, 0.4) is 0 Å². The molecule has 0 aliphatic heterocycles. The second kappa shape index (κ2) is 8.18. The standard InChI is InChI=1S/C18H30N2O/c1-12(2)11-15-7-9-16(10-8-15)17(13(3)4)20-14(5)18(21)19-6/h7-10,12-14,17,20H,11H2,1-6H3,(H,19,21)/t14-,17-/m0/s1. The molecule has 1 rings (SSSR count). The maximum atomic E-state index is 11.7. The third-order valence-corrected chi connectivity index (χ3v) is 3.72. The second-order valence-electron chi connectivity index (χ2n) is 6.56. The van der Waals surface area contributed by atoms with Gasteiger partial charge >= 0.3 is 0 Å². The molecular formula is C18H30N2O. The van der Waals surface area contributed by atoms with Crippen molar-refractivity contribution in [2.75, 3.05) is 7.05 Å². The lowest BCUT2D eigenvalue weighted by Crippen LogP contribution is -2.43. The summed E-state index contributed by atoms with van der Waals surface area (Å²) in [7, 11) is 1.67. The Labute approximate surface area is 129 Å². The van der Waals surface area contributed by atoms with Gasteiger partial charge in [0, 0.05) is 13.1 Å². The van der Waals surface area contributed by atoms with E-state index in [0.717, 1.165) is 6.42 Å². The van der Waals surface area contributed by atoms with Gasteiger partial charge in [0.25, 0.3) is 0 Å². The van der Waals surface area contributed by atoms with Crippen molar-refractivity contribution in [2.24, 2.45) is 11.8 Å². The van der Waals surface area contributed by atoms with E-state index in [2.05, 4.69) is 62.6 Å². The van der Waals surface area contributed by atoms with Crippen LogP contribution < -0.4 is 10.6 Å². The third-order valence-electron chi connectivity index (χ3n) is 3.72. The van der Waals surface area contributed by atoms with Gasteiger partial charge in [-0.05, 0) is 36.3 Å². The Bertz CT molecular complexity index is 437. The Hall–Kier alpha value is -1.35. The molecule has 2 N–H and O–H groups in total. The Morgan fingerprint density at radius 3 is 2.05 bits per heavy atom. The highest BCUT2D eigenvalue weighted by Crippen LogP contribution is 2.23. The number of carbonyl (C=O) groups excluding carboxylic acids is 1. The molecule has 2 atom stereocenters. The monoisotopic (exact) mass is 290 g/mol. The van der Waals surface area contributed by atoms with Crippen LogP contribution in [-0.4, -0.2) is 19.0 Å². The number of rotatable bonds is 7. The van der Waals surface area contributed by atoms with E-state index < -0.39 is 0 Å². The van der Waals surface area contributed by atoms with Crippen molar-refractivity contribution in [3.05, 3.63) is 35.4 Å². The fourth-order valence-corrected chi connectivity index (χ4v) is 2.57. The number of likely N-dealkylation sites (N-methyl/N-ethyl adjacent to an activating group) is 1. The van der Waals surface area contributed by atoms with Gasteiger partial charge in [0.15, 0.2) is 0 Å². The van der Waals surface area contributed by atoms with Crippen LogP contribution in [0.4, 0.5) is 0 Å². The SMILES string of the molecule is CNC(=O)[C@H](C)N[C@H](c1ccc(CC(C)C)cc1)C(C)C. The van der Waals surface area contributed by atoms with Gasteiger partial charge in [-0.3, -0.25) is 10.1 Å². The lowest BCUT2D eigenvalue weighted by Gasteiger charge is -2.26. The summed E-state index contributed by atoms with van der Waals surface area (Å²) in [4.78, 5) is 11.7. The van der Waals surface area contributed by atoms with Gasteiger partial charge in [-0.1, -0.05) is 52.0 Å². The molecule has 0 aliphatic rings. The summed E-state index contributed by atoms with van der Waals surface area (Å²) in [5, 5.41) is 6.12. The molecule has 1 aromatic carbocycles. The van der Waals surface area contributed by atoms with Crippen LogP contribution in [0.1, 0.15) is 51.8 Å². The van der Waals surface area contributed by atoms with Crippen molar-refractivity contribution in [1.29, 1.82) is 0 Å². The van der Waals surface area contributed by atoms with E-state index in [4.69, 9.17) is 0 Å². The first-order valence-electron chi connectivity index (χ1n) is 7.91. The summed E-state index contributed by atoms with van der Waals surface area (Å²) in [6, 6.07) is 8.77. The van der Waals surface area contributed by atoms with E-state index in [1.807, 2.05) is 6.92 Å². The van der Waals surface area contributed by atoms with E-state index in [-0.39, 0.29) is 18.0 Å². The summed E-state index contributed by atoms with van der Waals surface area (Å²) in [5.41, 5.74) is 2.61. The molecule has 3 nitrogen and oxygen atoms in total. The van der Waals surface area contributed by atoms with Crippen LogP contribution in [-0.2, 0) is 11.2 Å². The van der Waals surface area contributed by atoms with E-state index >= 15 is 0 Å². The zero-order valence-corrected chi connectivity index (χ0v) is 14.2. The van der Waals surface area contributed by atoms with E-state index in [0.29, 0.717) is 11.8 Å². The van der Waals surface area contributed by atoms with E-state index in [9.17, 15) is 4.79 Å². The molecule has 0 heterocycles. The maximum Gasteiger partial charge on any atom is 0.236 e. The van der Waals surface area contributed by atoms with Gasteiger partial charge in [0.2, 0.25) is 5.91 Å². The van der Waals surface area contributed by atoms with Gasteiger partial charge in [-0.2, -0.15) is 0 Å². The number of hydrogen-bond acceptors (Lipinski definition) is 2. The van der Waals surface area contributed by atoms with E-state index in [1.54, 1.807) is 7.05 Å². The summed E-state index contributed by atoms with van der Waals surface area (Å²) >= 11 is 0. The number of hydrogen-bond donors (Lipinski definition) is 2.